The van der Waals surface area contributed by atoms with E-state index in [4.69, 9.17) is 4.55 Å². The minimum Gasteiger partial charge on any atom is -0.347 e. The highest BCUT2D eigenvalue weighted by Gasteiger charge is 2.35. The molecule has 0 heterocycles. The van der Waals surface area contributed by atoms with E-state index in [1.807, 2.05) is 27.7 Å². The third-order valence-corrected chi connectivity index (χ3v) is 3.92. The molecule has 0 saturated carbocycles. The summed E-state index contributed by atoms with van der Waals surface area (Å²) in [7, 11) is -4.35. The zero-order valence-electron chi connectivity index (χ0n) is 12.8. The van der Waals surface area contributed by atoms with Crippen LogP contribution in [-0.2, 0) is 14.9 Å². The van der Waals surface area contributed by atoms with Crippen molar-refractivity contribution < 1.29 is 22.2 Å². The molecule has 0 radical (unpaired) electrons. The van der Waals surface area contributed by atoms with Gasteiger partial charge in [-0.25, -0.2) is 0 Å². The molecule has 0 aliphatic heterocycles. The molecule has 2 N–H and O–H groups in total. The second-order valence-corrected chi connectivity index (χ2v) is 6.04. The molecule has 0 rings (SSSR count). The van der Waals surface area contributed by atoms with Gasteiger partial charge in [0.05, 0.1) is 19.6 Å². The molecule has 118 valence electrons. The van der Waals surface area contributed by atoms with Gasteiger partial charge < -0.3 is 5.32 Å². The maximum atomic E-state index is 12.2. The molecule has 20 heavy (non-hydrogen) atoms. The molecule has 0 aliphatic carbocycles. The first kappa shape index (κ1) is 19.1. The number of hydrogen-bond acceptors (Lipinski definition) is 3. The van der Waals surface area contributed by atoms with E-state index in [1.165, 1.54) is 0 Å². The normalized spacial score (nSPS) is 13.3. The maximum absolute atomic E-state index is 12.2. The van der Waals surface area contributed by atoms with Gasteiger partial charge in [-0.05, 0) is 26.7 Å². The molecule has 0 saturated heterocycles. The predicted molar refractivity (Wildman–Crippen MR) is 79.4 cm³/mol. The Morgan fingerprint density at radius 1 is 1.15 bits per heavy atom. The summed E-state index contributed by atoms with van der Waals surface area (Å²) in [5.74, 6) is -0.429. The maximum Gasteiger partial charge on any atom is 0.306 e. The highest BCUT2D eigenvalue weighted by atomic mass is 32.2. The number of rotatable bonds is 9. The fourth-order valence-electron chi connectivity index (χ4n) is 2.28. The van der Waals surface area contributed by atoms with Crippen LogP contribution in [0.25, 0.3) is 0 Å². The minimum atomic E-state index is -4.35. The van der Waals surface area contributed by atoms with E-state index in [9.17, 15) is 13.2 Å². The molecule has 1 amide bonds. The molecule has 7 heteroatoms. The summed E-state index contributed by atoms with van der Waals surface area (Å²) in [6.45, 7) is 10.0. The third-order valence-electron chi connectivity index (χ3n) is 3.40. The molecular formula is C13H27N2O4S+. The Labute approximate surface area is 122 Å². The topological polar surface area (TPSA) is 83.5 Å². The first-order chi connectivity index (χ1) is 9.26. The lowest BCUT2D eigenvalue weighted by molar-refractivity contribution is -0.884. The standard InChI is InChI=1S/C13H26N2O4S/c1-5-9-14-13(16)12(11-20(17,18)19)15(7-3,8-4)10-6-2/h11H,5-10H2,1-4H3,(H-,14,16,17,18,19)/p+1. The van der Waals surface area contributed by atoms with E-state index >= 15 is 0 Å². The number of carbonyl (C=O) groups excluding carboxylic acids is 1. The van der Waals surface area contributed by atoms with Crippen molar-refractivity contribution in [1.82, 2.24) is 5.32 Å². The first-order valence-electron chi connectivity index (χ1n) is 7.10. The number of nitrogens with zero attached hydrogens (tertiary/aromatic N) is 1. The first-order valence-corrected chi connectivity index (χ1v) is 8.60. The highest BCUT2D eigenvalue weighted by Crippen LogP contribution is 2.20. The molecule has 0 fully saturated rings. The van der Waals surface area contributed by atoms with E-state index in [2.05, 4.69) is 5.32 Å². The number of amides is 1. The van der Waals surface area contributed by atoms with Crippen LogP contribution in [0, 0.1) is 0 Å². The van der Waals surface area contributed by atoms with Gasteiger partial charge >= 0.3 is 5.91 Å². The fourth-order valence-corrected chi connectivity index (χ4v) is 2.89. The minimum absolute atomic E-state index is 0.104. The van der Waals surface area contributed by atoms with Crippen molar-refractivity contribution in [3.63, 3.8) is 0 Å². The monoisotopic (exact) mass is 307 g/mol. The number of hydrogen-bond donors (Lipinski definition) is 2. The average molecular weight is 307 g/mol. The molecule has 0 atom stereocenters. The van der Waals surface area contributed by atoms with Gasteiger partial charge in [-0.3, -0.25) is 13.8 Å². The van der Waals surface area contributed by atoms with E-state index in [0.717, 1.165) is 12.8 Å². The Kier molecular flexibility index (Phi) is 8.00. The Hall–Kier alpha value is -0.920. The number of nitrogens with one attached hydrogen (secondary N) is 1. The van der Waals surface area contributed by atoms with Gasteiger partial charge in [0.15, 0.2) is 0 Å². The van der Waals surface area contributed by atoms with E-state index < -0.39 is 16.0 Å². The number of carbonyl (C=O) groups is 1. The lowest BCUT2D eigenvalue weighted by atomic mass is 10.2. The van der Waals surface area contributed by atoms with Gasteiger partial charge in [0, 0.05) is 6.54 Å². The van der Waals surface area contributed by atoms with Crippen LogP contribution < -0.4 is 5.32 Å². The Morgan fingerprint density at radius 3 is 2.05 bits per heavy atom. The summed E-state index contributed by atoms with van der Waals surface area (Å²) in [6, 6.07) is 0. The van der Waals surface area contributed by atoms with Crippen LogP contribution in [0.1, 0.15) is 40.5 Å². The van der Waals surface area contributed by atoms with Crippen LogP contribution in [-0.4, -0.2) is 49.5 Å². The van der Waals surface area contributed by atoms with Crippen LogP contribution in [0.2, 0.25) is 0 Å². The number of likely N-dealkylation sites (N-methyl/N-ethyl adjacent to an activating group) is 1. The second-order valence-electron chi connectivity index (χ2n) is 4.78. The summed E-state index contributed by atoms with van der Waals surface area (Å²) in [5, 5.41) is 3.38. The van der Waals surface area contributed by atoms with Gasteiger partial charge in [0.25, 0.3) is 10.1 Å². The Balaban J connectivity index is 5.72. The molecule has 6 nitrogen and oxygen atoms in total. The molecule has 0 aliphatic rings. The second kappa shape index (κ2) is 8.39. The van der Waals surface area contributed by atoms with Gasteiger partial charge in [0.1, 0.15) is 5.41 Å². The fraction of sp³-hybridized carbons (Fsp3) is 0.769. The largest absolute Gasteiger partial charge is 0.347 e. The molecule has 0 spiro atoms. The summed E-state index contributed by atoms with van der Waals surface area (Å²) in [6.07, 6.45) is 1.57. The van der Waals surface area contributed by atoms with E-state index in [0.29, 0.717) is 31.6 Å². The van der Waals surface area contributed by atoms with Crippen molar-refractivity contribution in [2.24, 2.45) is 0 Å². The summed E-state index contributed by atoms with van der Waals surface area (Å²) >= 11 is 0. The van der Waals surface area contributed by atoms with E-state index in [1.54, 1.807) is 0 Å². The molecule has 0 unspecified atom stereocenters. The molecule has 0 bridgehead atoms. The third kappa shape index (κ3) is 5.60. The quantitative estimate of drug-likeness (QED) is 0.384. The average Bonchev–Trinajstić information content (AvgIpc) is 2.39. The van der Waals surface area contributed by atoms with Crippen LogP contribution in [0.4, 0.5) is 0 Å². The number of quaternary nitrogens is 1. The molecule has 0 aromatic heterocycles. The zero-order valence-corrected chi connectivity index (χ0v) is 13.7. The summed E-state index contributed by atoms with van der Waals surface area (Å²) < 4.78 is 31.7. The van der Waals surface area contributed by atoms with Gasteiger partial charge in [-0.2, -0.15) is 8.42 Å². The van der Waals surface area contributed by atoms with Crippen LogP contribution >= 0.6 is 0 Å². The molecule has 0 aromatic carbocycles. The molecule has 0 aromatic rings. The Bertz CT molecular complexity index is 439. The van der Waals surface area contributed by atoms with Crippen molar-refractivity contribution in [3.8, 4) is 0 Å². The predicted octanol–water partition coefficient (Wildman–Crippen LogP) is 1.51. The van der Waals surface area contributed by atoms with Gasteiger partial charge in [-0.1, -0.05) is 13.8 Å². The SMILES string of the molecule is CCCNC(=O)C(=CS(=O)(=O)O)[N+](CC)(CC)CCC. The summed E-state index contributed by atoms with van der Waals surface area (Å²) in [4.78, 5) is 12.2. The van der Waals surface area contributed by atoms with Crippen molar-refractivity contribution >= 4 is 16.0 Å². The van der Waals surface area contributed by atoms with Crippen molar-refractivity contribution in [2.45, 2.75) is 40.5 Å². The van der Waals surface area contributed by atoms with Crippen molar-refractivity contribution in [1.29, 1.82) is 0 Å². The van der Waals surface area contributed by atoms with Crippen LogP contribution in [0.15, 0.2) is 11.1 Å². The highest BCUT2D eigenvalue weighted by molar-refractivity contribution is 7.88. The van der Waals surface area contributed by atoms with Gasteiger partial charge in [0.2, 0.25) is 5.70 Å². The van der Waals surface area contributed by atoms with Crippen LogP contribution in [0.5, 0.6) is 0 Å². The van der Waals surface area contributed by atoms with Gasteiger partial charge in [-0.15, -0.1) is 0 Å². The Morgan fingerprint density at radius 2 is 1.70 bits per heavy atom. The lowest BCUT2D eigenvalue weighted by Gasteiger charge is -2.36. The summed E-state index contributed by atoms with van der Waals surface area (Å²) in [5.41, 5.74) is 0.104. The zero-order chi connectivity index (χ0) is 15.8. The van der Waals surface area contributed by atoms with E-state index in [-0.39, 0.29) is 10.2 Å². The molecular weight excluding hydrogens is 280 g/mol. The lowest BCUT2D eigenvalue weighted by Crippen LogP contribution is -2.52. The van der Waals surface area contributed by atoms with Crippen molar-refractivity contribution in [2.75, 3.05) is 26.2 Å². The van der Waals surface area contributed by atoms with Crippen LogP contribution in [0.3, 0.4) is 0 Å². The smallest absolute Gasteiger partial charge is 0.306 e. The van der Waals surface area contributed by atoms with Crippen molar-refractivity contribution in [3.05, 3.63) is 11.1 Å².